The van der Waals surface area contributed by atoms with Gasteiger partial charge in [0.15, 0.2) is 0 Å². The van der Waals surface area contributed by atoms with E-state index in [2.05, 4.69) is 15.6 Å². The summed E-state index contributed by atoms with van der Waals surface area (Å²) in [6.07, 6.45) is 0.106. The number of aryl methyl sites for hydroxylation is 1. The van der Waals surface area contributed by atoms with Crippen molar-refractivity contribution < 1.29 is 9.59 Å². The molecule has 2 N–H and O–H groups in total. The molecule has 0 spiro atoms. The standard InChI is InChI=1S/C19H19ClN4O2/c1-12-7-8-13(9-14(12)20)22-19(26)11-24-16-6-4-3-5-15(16)23-17(24)10-18(25)21-2/h3-9H,10-11H2,1-2H3,(H,21,25)(H,22,26). The fourth-order valence-electron chi connectivity index (χ4n) is 2.68. The van der Waals surface area contributed by atoms with E-state index in [1.54, 1.807) is 23.7 Å². The van der Waals surface area contributed by atoms with Crippen molar-refractivity contribution >= 4 is 40.1 Å². The molecule has 0 atom stereocenters. The van der Waals surface area contributed by atoms with Gasteiger partial charge in [0.2, 0.25) is 11.8 Å². The average Bonchev–Trinajstić information content (AvgIpc) is 2.95. The molecule has 0 aliphatic rings. The van der Waals surface area contributed by atoms with Gasteiger partial charge in [-0.15, -0.1) is 0 Å². The van der Waals surface area contributed by atoms with Crippen LogP contribution in [0.15, 0.2) is 42.5 Å². The number of amides is 2. The van der Waals surface area contributed by atoms with Gasteiger partial charge in [-0.3, -0.25) is 9.59 Å². The van der Waals surface area contributed by atoms with Gasteiger partial charge in [-0.1, -0.05) is 29.8 Å². The normalized spacial score (nSPS) is 10.7. The number of carbonyl (C=O) groups is 2. The minimum atomic E-state index is -0.216. The number of carbonyl (C=O) groups excluding carboxylic acids is 2. The van der Waals surface area contributed by atoms with Crippen LogP contribution >= 0.6 is 11.6 Å². The molecule has 0 radical (unpaired) electrons. The fourth-order valence-corrected chi connectivity index (χ4v) is 2.86. The number of anilines is 1. The minimum Gasteiger partial charge on any atom is -0.359 e. The summed E-state index contributed by atoms with van der Waals surface area (Å²) >= 11 is 6.11. The van der Waals surface area contributed by atoms with Gasteiger partial charge in [0.1, 0.15) is 12.4 Å². The summed E-state index contributed by atoms with van der Waals surface area (Å²) < 4.78 is 1.76. The number of halogens is 1. The van der Waals surface area contributed by atoms with Crippen LogP contribution < -0.4 is 10.6 Å². The lowest BCUT2D eigenvalue weighted by Crippen LogP contribution is -2.24. The maximum Gasteiger partial charge on any atom is 0.244 e. The third-order valence-corrected chi connectivity index (χ3v) is 4.50. The Kier molecular flexibility index (Phi) is 5.23. The zero-order valence-corrected chi connectivity index (χ0v) is 15.3. The molecule has 0 aliphatic heterocycles. The molecule has 0 bridgehead atoms. The molecule has 1 heterocycles. The van der Waals surface area contributed by atoms with Gasteiger partial charge in [0.25, 0.3) is 0 Å². The van der Waals surface area contributed by atoms with Crippen molar-refractivity contribution in [1.82, 2.24) is 14.9 Å². The smallest absolute Gasteiger partial charge is 0.244 e. The third-order valence-electron chi connectivity index (χ3n) is 4.09. The van der Waals surface area contributed by atoms with Crippen LogP contribution in [-0.2, 0) is 22.6 Å². The Morgan fingerprint density at radius 3 is 2.65 bits per heavy atom. The molecular formula is C19H19ClN4O2. The summed E-state index contributed by atoms with van der Waals surface area (Å²) in [5.74, 6) is 0.168. The number of nitrogens with zero attached hydrogens (tertiary/aromatic N) is 2. The number of nitrogens with one attached hydrogen (secondary N) is 2. The van der Waals surface area contributed by atoms with Crippen LogP contribution in [0.2, 0.25) is 5.02 Å². The molecule has 0 aliphatic carbocycles. The number of rotatable bonds is 5. The summed E-state index contributed by atoms with van der Waals surface area (Å²) in [6, 6.07) is 12.9. The summed E-state index contributed by atoms with van der Waals surface area (Å²) in [7, 11) is 1.57. The van der Waals surface area contributed by atoms with E-state index in [1.807, 2.05) is 37.3 Å². The molecule has 134 valence electrons. The first kappa shape index (κ1) is 17.9. The minimum absolute atomic E-state index is 0.0539. The molecular weight excluding hydrogens is 352 g/mol. The molecule has 3 aromatic rings. The van der Waals surface area contributed by atoms with Crippen molar-refractivity contribution in [1.29, 1.82) is 0 Å². The molecule has 2 amide bonds. The Hall–Kier alpha value is -2.86. The maximum absolute atomic E-state index is 12.5. The lowest BCUT2D eigenvalue weighted by molar-refractivity contribution is -0.120. The van der Waals surface area contributed by atoms with Gasteiger partial charge >= 0.3 is 0 Å². The lowest BCUT2D eigenvalue weighted by atomic mass is 10.2. The van der Waals surface area contributed by atoms with E-state index in [9.17, 15) is 9.59 Å². The number of benzene rings is 2. The monoisotopic (exact) mass is 370 g/mol. The largest absolute Gasteiger partial charge is 0.359 e. The maximum atomic E-state index is 12.5. The molecule has 0 unspecified atom stereocenters. The van der Waals surface area contributed by atoms with E-state index in [4.69, 9.17) is 11.6 Å². The van der Waals surface area contributed by atoms with Crippen molar-refractivity contribution in [3.63, 3.8) is 0 Å². The topological polar surface area (TPSA) is 76.0 Å². The van der Waals surface area contributed by atoms with Crippen LogP contribution in [-0.4, -0.2) is 28.4 Å². The number of hydrogen-bond donors (Lipinski definition) is 2. The van der Waals surface area contributed by atoms with Crippen LogP contribution in [0.5, 0.6) is 0 Å². The number of para-hydroxylation sites is 2. The van der Waals surface area contributed by atoms with Gasteiger partial charge in [0.05, 0.1) is 17.5 Å². The second kappa shape index (κ2) is 7.58. The van der Waals surface area contributed by atoms with E-state index < -0.39 is 0 Å². The Morgan fingerprint density at radius 2 is 1.92 bits per heavy atom. The highest BCUT2D eigenvalue weighted by Gasteiger charge is 2.16. The van der Waals surface area contributed by atoms with E-state index in [1.165, 1.54) is 0 Å². The predicted molar refractivity (Wildman–Crippen MR) is 102 cm³/mol. The first-order valence-corrected chi connectivity index (χ1v) is 8.56. The van der Waals surface area contributed by atoms with Crippen LogP contribution in [0.4, 0.5) is 5.69 Å². The molecule has 0 saturated heterocycles. The molecule has 0 fully saturated rings. The van der Waals surface area contributed by atoms with E-state index in [0.717, 1.165) is 16.6 Å². The molecule has 6 nitrogen and oxygen atoms in total. The van der Waals surface area contributed by atoms with Crippen molar-refractivity contribution in [2.45, 2.75) is 19.9 Å². The van der Waals surface area contributed by atoms with Crippen LogP contribution in [0.25, 0.3) is 11.0 Å². The van der Waals surface area contributed by atoms with E-state index in [-0.39, 0.29) is 24.8 Å². The zero-order chi connectivity index (χ0) is 18.7. The first-order chi connectivity index (χ1) is 12.5. The number of fused-ring (bicyclic) bond motifs is 1. The second-order valence-electron chi connectivity index (χ2n) is 5.96. The summed E-state index contributed by atoms with van der Waals surface area (Å²) in [4.78, 5) is 28.8. The van der Waals surface area contributed by atoms with Crippen LogP contribution in [0, 0.1) is 6.92 Å². The molecule has 3 rings (SSSR count). The van der Waals surface area contributed by atoms with Crippen molar-refractivity contribution in [2.24, 2.45) is 0 Å². The van der Waals surface area contributed by atoms with Gasteiger partial charge in [-0.2, -0.15) is 0 Å². The van der Waals surface area contributed by atoms with Crippen LogP contribution in [0.1, 0.15) is 11.4 Å². The Bertz CT molecular complexity index is 981. The quantitative estimate of drug-likeness (QED) is 0.725. The second-order valence-corrected chi connectivity index (χ2v) is 6.37. The van der Waals surface area contributed by atoms with Gasteiger partial charge < -0.3 is 15.2 Å². The molecule has 7 heteroatoms. The summed E-state index contributed by atoms with van der Waals surface area (Å²) in [5, 5.41) is 6.01. The Morgan fingerprint density at radius 1 is 1.15 bits per heavy atom. The number of hydrogen-bond acceptors (Lipinski definition) is 3. The number of aromatic nitrogens is 2. The fraction of sp³-hybridized carbons (Fsp3) is 0.211. The lowest BCUT2D eigenvalue weighted by Gasteiger charge is -2.10. The number of likely N-dealkylation sites (N-methyl/N-ethyl adjacent to an activating group) is 1. The molecule has 26 heavy (non-hydrogen) atoms. The molecule has 0 saturated carbocycles. The molecule has 1 aromatic heterocycles. The Labute approximate surface area is 156 Å². The summed E-state index contributed by atoms with van der Waals surface area (Å²) in [5.41, 5.74) is 3.13. The van der Waals surface area contributed by atoms with Crippen molar-refractivity contribution in [3.05, 3.63) is 58.9 Å². The zero-order valence-electron chi connectivity index (χ0n) is 14.5. The molecule has 2 aromatic carbocycles. The highest BCUT2D eigenvalue weighted by Crippen LogP contribution is 2.21. The van der Waals surface area contributed by atoms with Gasteiger partial charge in [-0.25, -0.2) is 4.98 Å². The van der Waals surface area contributed by atoms with Crippen molar-refractivity contribution in [3.8, 4) is 0 Å². The predicted octanol–water partition coefficient (Wildman–Crippen LogP) is 2.93. The Balaban J connectivity index is 1.86. The SMILES string of the molecule is CNC(=O)Cc1nc2ccccc2n1CC(=O)Nc1ccc(C)c(Cl)c1. The van der Waals surface area contributed by atoms with E-state index >= 15 is 0 Å². The number of imidazole rings is 1. The van der Waals surface area contributed by atoms with Crippen LogP contribution in [0.3, 0.4) is 0 Å². The highest BCUT2D eigenvalue weighted by molar-refractivity contribution is 6.31. The van der Waals surface area contributed by atoms with E-state index in [0.29, 0.717) is 16.5 Å². The van der Waals surface area contributed by atoms with Gasteiger partial charge in [-0.05, 0) is 36.8 Å². The first-order valence-electron chi connectivity index (χ1n) is 8.18. The highest BCUT2D eigenvalue weighted by atomic mass is 35.5. The third kappa shape index (κ3) is 3.86. The van der Waals surface area contributed by atoms with Crippen molar-refractivity contribution in [2.75, 3.05) is 12.4 Å². The summed E-state index contributed by atoms with van der Waals surface area (Å²) in [6.45, 7) is 1.95. The van der Waals surface area contributed by atoms with Gasteiger partial charge in [0, 0.05) is 17.8 Å². The average molecular weight is 371 g/mol.